The van der Waals surface area contributed by atoms with Crippen molar-refractivity contribution in [3.63, 3.8) is 0 Å². The molecule has 7 nitrogen and oxygen atoms in total. The fourth-order valence-electron chi connectivity index (χ4n) is 4.12. The number of alkyl halides is 3. The van der Waals surface area contributed by atoms with E-state index in [4.69, 9.17) is 11.6 Å². The van der Waals surface area contributed by atoms with Gasteiger partial charge in [-0.1, -0.05) is 23.7 Å². The third-order valence-electron chi connectivity index (χ3n) is 6.07. The Morgan fingerprint density at radius 1 is 1.11 bits per heavy atom. The van der Waals surface area contributed by atoms with Crippen LogP contribution in [0, 0.1) is 0 Å². The Kier molecular flexibility index (Phi) is 6.99. The van der Waals surface area contributed by atoms with Crippen LogP contribution >= 0.6 is 11.6 Å². The number of fused-ring (bicyclic) bond motifs is 1. The molecule has 4 rings (SSSR count). The first kappa shape index (κ1) is 25.6. The van der Waals surface area contributed by atoms with Crippen LogP contribution in [0.5, 0.6) is 0 Å². The summed E-state index contributed by atoms with van der Waals surface area (Å²) in [4.78, 5) is 32.7. The van der Waals surface area contributed by atoms with Gasteiger partial charge in [0.05, 0.1) is 29.4 Å². The molecule has 0 saturated heterocycles. The van der Waals surface area contributed by atoms with Gasteiger partial charge in [0.1, 0.15) is 0 Å². The normalized spacial score (nSPS) is 14.2. The summed E-state index contributed by atoms with van der Waals surface area (Å²) < 4.78 is 40.1. The van der Waals surface area contributed by atoms with Crippen LogP contribution in [0.15, 0.2) is 53.3 Å². The van der Waals surface area contributed by atoms with Crippen molar-refractivity contribution in [3.8, 4) is 0 Å². The van der Waals surface area contributed by atoms with Crippen LogP contribution in [-0.4, -0.2) is 41.1 Å². The van der Waals surface area contributed by atoms with E-state index in [0.717, 1.165) is 12.1 Å². The van der Waals surface area contributed by atoms with Gasteiger partial charge in [0.15, 0.2) is 0 Å². The topological polar surface area (TPSA) is 70.5 Å². The lowest BCUT2D eigenvalue weighted by Gasteiger charge is -2.31. The number of anilines is 1. The highest BCUT2D eigenvalue weighted by atomic mass is 35.5. The number of halogens is 4. The van der Waals surface area contributed by atoms with E-state index in [2.05, 4.69) is 10.3 Å². The molecule has 36 heavy (non-hydrogen) atoms. The molecule has 1 aliphatic heterocycles. The minimum absolute atomic E-state index is 0.116. The van der Waals surface area contributed by atoms with Crippen molar-refractivity contribution >= 4 is 23.5 Å². The van der Waals surface area contributed by atoms with Crippen LogP contribution < -0.4 is 15.9 Å². The van der Waals surface area contributed by atoms with Crippen molar-refractivity contribution in [2.45, 2.75) is 32.1 Å². The number of carbonyl (C=O) groups excluding carboxylic acids is 1. The first-order valence-electron chi connectivity index (χ1n) is 11.3. The van der Waals surface area contributed by atoms with Crippen molar-refractivity contribution in [2.75, 3.05) is 31.0 Å². The maximum atomic E-state index is 13.5. The molecule has 3 aromatic rings. The Bertz CT molecular complexity index is 1320. The first-order valence-corrected chi connectivity index (χ1v) is 11.6. The molecule has 1 N–H and O–H groups in total. The van der Waals surface area contributed by atoms with Gasteiger partial charge in [0, 0.05) is 37.6 Å². The average Bonchev–Trinajstić information content (AvgIpc) is 2.83. The number of rotatable bonds is 5. The van der Waals surface area contributed by atoms with Crippen LogP contribution in [0.1, 0.15) is 45.7 Å². The number of nitrogens with zero attached hydrogens (tertiary/aromatic N) is 4. The molecule has 1 amide bonds. The number of carbonyl (C=O) groups is 1. The number of benzene rings is 2. The SMILES string of the molecule is CC(Nc1nc2c(c(=O)n1N(C)C)CN(C(=O)c1ccc(Cl)cc1)CC2)c1ccc(C(F)(F)F)cc1. The molecule has 0 fully saturated rings. The fraction of sp³-hybridized carbons (Fsp3) is 0.320. The minimum atomic E-state index is -4.41. The molecule has 0 radical (unpaired) electrons. The number of hydrogen-bond donors (Lipinski definition) is 1. The summed E-state index contributed by atoms with van der Waals surface area (Å²) in [5.74, 6) is 0.0693. The molecule has 1 unspecified atom stereocenters. The van der Waals surface area contributed by atoms with Crippen molar-refractivity contribution in [1.29, 1.82) is 0 Å². The monoisotopic (exact) mass is 519 g/mol. The van der Waals surface area contributed by atoms with Gasteiger partial charge in [-0.25, -0.2) is 4.98 Å². The number of amides is 1. The van der Waals surface area contributed by atoms with Crippen LogP contribution in [0.4, 0.5) is 19.1 Å². The van der Waals surface area contributed by atoms with Crippen LogP contribution in [0.25, 0.3) is 0 Å². The number of nitrogens with one attached hydrogen (secondary N) is 1. The third kappa shape index (κ3) is 5.18. The highest BCUT2D eigenvalue weighted by Gasteiger charge is 2.31. The highest BCUT2D eigenvalue weighted by molar-refractivity contribution is 6.30. The Hall–Kier alpha value is -3.53. The second kappa shape index (κ2) is 9.85. The molecule has 2 aromatic carbocycles. The summed E-state index contributed by atoms with van der Waals surface area (Å²) in [6.07, 6.45) is -4.02. The molecule has 0 spiro atoms. The molecule has 1 aromatic heterocycles. The molecule has 1 aliphatic rings. The van der Waals surface area contributed by atoms with E-state index in [1.54, 1.807) is 55.2 Å². The van der Waals surface area contributed by atoms with Gasteiger partial charge in [-0.15, -0.1) is 0 Å². The molecule has 0 saturated carbocycles. The third-order valence-corrected chi connectivity index (χ3v) is 6.32. The van der Waals surface area contributed by atoms with E-state index in [0.29, 0.717) is 40.4 Å². The number of aromatic nitrogens is 2. The molecular weight excluding hydrogens is 495 g/mol. The van der Waals surface area contributed by atoms with E-state index in [9.17, 15) is 22.8 Å². The Morgan fingerprint density at radius 3 is 2.33 bits per heavy atom. The summed E-state index contributed by atoms with van der Waals surface area (Å²) in [7, 11) is 3.37. The fourth-order valence-corrected chi connectivity index (χ4v) is 4.24. The molecule has 0 bridgehead atoms. The summed E-state index contributed by atoms with van der Waals surface area (Å²) >= 11 is 5.92. The lowest BCUT2D eigenvalue weighted by molar-refractivity contribution is -0.137. The van der Waals surface area contributed by atoms with E-state index in [1.165, 1.54) is 16.8 Å². The van der Waals surface area contributed by atoms with Crippen molar-refractivity contribution < 1.29 is 18.0 Å². The van der Waals surface area contributed by atoms with Crippen molar-refractivity contribution in [3.05, 3.63) is 91.9 Å². The summed E-state index contributed by atoms with van der Waals surface area (Å²) in [5, 5.41) is 5.25. The second-order valence-corrected chi connectivity index (χ2v) is 9.23. The van der Waals surface area contributed by atoms with Crippen molar-refractivity contribution in [1.82, 2.24) is 14.6 Å². The standard InChI is InChI=1S/C25H25ClF3N5O2/c1-15(16-4-8-18(9-5-16)25(27,28)29)30-24-31-21-12-13-33(14-20(21)23(36)34(24)32(2)3)22(35)17-6-10-19(26)11-7-17/h4-11,15H,12-14H2,1-3H3,(H,30,31). The van der Waals surface area contributed by atoms with E-state index < -0.39 is 17.8 Å². The smallest absolute Gasteiger partial charge is 0.348 e. The molecule has 1 atom stereocenters. The lowest BCUT2D eigenvalue weighted by Crippen LogP contribution is -2.45. The maximum absolute atomic E-state index is 13.5. The molecule has 190 valence electrons. The van der Waals surface area contributed by atoms with Crippen LogP contribution in [-0.2, 0) is 19.1 Å². The average molecular weight is 520 g/mol. The summed E-state index contributed by atoms with van der Waals surface area (Å²) in [5.41, 5.74) is 1.05. The van der Waals surface area contributed by atoms with Gasteiger partial charge in [0.25, 0.3) is 11.5 Å². The Labute approximate surface area is 211 Å². The van der Waals surface area contributed by atoms with Gasteiger partial charge in [-0.05, 0) is 48.9 Å². The van der Waals surface area contributed by atoms with Crippen molar-refractivity contribution in [2.24, 2.45) is 0 Å². The van der Waals surface area contributed by atoms with E-state index >= 15 is 0 Å². The van der Waals surface area contributed by atoms with Crippen LogP contribution in [0.3, 0.4) is 0 Å². The van der Waals surface area contributed by atoms with Gasteiger partial charge in [0.2, 0.25) is 5.95 Å². The number of hydrogen-bond acceptors (Lipinski definition) is 5. The Morgan fingerprint density at radius 2 is 1.75 bits per heavy atom. The lowest BCUT2D eigenvalue weighted by atomic mass is 10.0. The quantitative estimate of drug-likeness (QED) is 0.538. The summed E-state index contributed by atoms with van der Waals surface area (Å²) in [6, 6.07) is 11.0. The van der Waals surface area contributed by atoms with E-state index in [1.807, 2.05) is 0 Å². The minimum Gasteiger partial charge on any atom is -0.348 e. The van der Waals surface area contributed by atoms with Crippen LogP contribution in [0.2, 0.25) is 5.02 Å². The van der Waals surface area contributed by atoms with Gasteiger partial charge in [-0.3, -0.25) is 9.59 Å². The zero-order valence-electron chi connectivity index (χ0n) is 19.9. The highest BCUT2D eigenvalue weighted by Crippen LogP contribution is 2.30. The van der Waals surface area contributed by atoms with Gasteiger partial charge >= 0.3 is 6.18 Å². The predicted octanol–water partition coefficient (Wildman–Crippen LogP) is 4.48. The second-order valence-electron chi connectivity index (χ2n) is 8.79. The Balaban J connectivity index is 1.61. The molecule has 11 heteroatoms. The van der Waals surface area contributed by atoms with E-state index in [-0.39, 0.29) is 24.0 Å². The van der Waals surface area contributed by atoms with Gasteiger partial charge < -0.3 is 15.2 Å². The largest absolute Gasteiger partial charge is 0.416 e. The van der Waals surface area contributed by atoms with Gasteiger partial charge in [-0.2, -0.15) is 17.8 Å². The zero-order valence-corrected chi connectivity index (χ0v) is 20.7. The molecule has 2 heterocycles. The first-order chi connectivity index (χ1) is 17.0. The maximum Gasteiger partial charge on any atom is 0.416 e. The predicted molar refractivity (Wildman–Crippen MR) is 132 cm³/mol. The summed E-state index contributed by atoms with van der Waals surface area (Å²) in [6.45, 7) is 2.28. The zero-order chi connectivity index (χ0) is 26.2. The molecule has 0 aliphatic carbocycles. The molecular formula is C25H25ClF3N5O2.